The van der Waals surface area contributed by atoms with E-state index in [1.807, 2.05) is 12.1 Å². The summed E-state index contributed by atoms with van der Waals surface area (Å²) in [5.41, 5.74) is 2.02. The van der Waals surface area contributed by atoms with Crippen LogP contribution in [-0.4, -0.2) is 24.4 Å². The fourth-order valence-electron chi connectivity index (χ4n) is 2.71. The predicted molar refractivity (Wildman–Crippen MR) is 98.5 cm³/mol. The summed E-state index contributed by atoms with van der Waals surface area (Å²) in [4.78, 5) is 24.7. The lowest BCUT2D eigenvalue weighted by atomic mass is 10.1. The van der Waals surface area contributed by atoms with Gasteiger partial charge in [0.25, 0.3) is 0 Å². The Morgan fingerprint density at radius 3 is 2.35 bits per heavy atom. The number of carbonyl (C=O) groups excluding carboxylic acids is 2. The highest BCUT2D eigenvalue weighted by Gasteiger charge is 2.20. The van der Waals surface area contributed by atoms with Crippen LogP contribution < -0.4 is 10.6 Å². The normalized spacial score (nSPS) is 11.9. The van der Waals surface area contributed by atoms with E-state index in [1.54, 1.807) is 25.1 Å². The van der Waals surface area contributed by atoms with E-state index in [4.69, 9.17) is 8.83 Å². The standard InChI is InChI=1S/C20H28N2O4/c1-2-3-4-5-18(20(24)21-11-8-17-10-13-26-15-17)22-19(23)7-6-16-9-12-25-14-16/h9-10,12-15,18H,2-8,11H2,1H3,(H,21,24)(H,22,23)/t18-/m0/s1. The Morgan fingerprint density at radius 1 is 1.04 bits per heavy atom. The summed E-state index contributed by atoms with van der Waals surface area (Å²) in [6.07, 6.45) is 11.8. The second kappa shape index (κ2) is 11.2. The SMILES string of the molecule is CCCCC[C@H](NC(=O)CCc1ccoc1)C(=O)NCCc1ccoc1. The zero-order valence-corrected chi connectivity index (χ0v) is 15.3. The van der Waals surface area contributed by atoms with Gasteiger partial charge in [0.15, 0.2) is 0 Å². The highest BCUT2D eigenvalue weighted by Crippen LogP contribution is 2.07. The molecule has 142 valence electrons. The number of nitrogens with one attached hydrogen (secondary N) is 2. The summed E-state index contributed by atoms with van der Waals surface area (Å²) >= 11 is 0. The van der Waals surface area contributed by atoms with Crippen LogP contribution >= 0.6 is 0 Å². The molecule has 0 aliphatic rings. The minimum Gasteiger partial charge on any atom is -0.472 e. The monoisotopic (exact) mass is 360 g/mol. The van der Waals surface area contributed by atoms with Crippen molar-refractivity contribution in [2.75, 3.05) is 6.54 Å². The van der Waals surface area contributed by atoms with E-state index in [0.29, 0.717) is 32.2 Å². The zero-order chi connectivity index (χ0) is 18.6. The fourth-order valence-corrected chi connectivity index (χ4v) is 2.71. The quantitative estimate of drug-likeness (QED) is 0.569. The third-order valence-electron chi connectivity index (χ3n) is 4.26. The van der Waals surface area contributed by atoms with Crippen LogP contribution in [0, 0.1) is 0 Å². The van der Waals surface area contributed by atoms with Crippen molar-refractivity contribution >= 4 is 11.8 Å². The van der Waals surface area contributed by atoms with Gasteiger partial charge in [-0.3, -0.25) is 9.59 Å². The van der Waals surface area contributed by atoms with Crippen molar-refractivity contribution in [3.63, 3.8) is 0 Å². The van der Waals surface area contributed by atoms with E-state index >= 15 is 0 Å². The molecule has 2 aromatic rings. The molecule has 0 fully saturated rings. The molecule has 26 heavy (non-hydrogen) atoms. The van der Waals surface area contributed by atoms with Crippen LogP contribution in [0.3, 0.4) is 0 Å². The molecule has 2 rings (SSSR count). The van der Waals surface area contributed by atoms with E-state index in [-0.39, 0.29) is 11.8 Å². The Hall–Kier alpha value is -2.50. The molecule has 0 saturated carbocycles. The van der Waals surface area contributed by atoms with E-state index < -0.39 is 6.04 Å². The number of hydrogen-bond donors (Lipinski definition) is 2. The van der Waals surface area contributed by atoms with Crippen molar-refractivity contribution in [2.45, 2.75) is 57.9 Å². The Labute approximate surface area is 154 Å². The largest absolute Gasteiger partial charge is 0.472 e. The van der Waals surface area contributed by atoms with Gasteiger partial charge in [0, 0.05) is 13.0 Å². The second-order valence-electron chi connectivity index (χ2n) is 6.42. The maximum atomic E-state index is 12.5. The highest BCUT2D eigenvalue weighted by atomic mass is 16.3. The lowest BCUT2D eigenvalue weighted by molar-refractivity contribution is -0.129. The van der Waals surface area contributed by atoms with Crippen LogP contribution in [0.4, 0.5) is 0 Å². The highest BCUT2D eigenvalue weighted by molar-refractivity contribution is 5.87. The van der Waals surface area contributed by atoms with E-state index in [0.717, 1.165) is 30.4 Å². The molecular formula is C20H28N2O4. The maximum absolute atomic E-state index is 12.5. The number of hydrogen-bond acceptors (Lipinski definition) is 4. The summed E-state index contributed by atoms with van der Waals surface area (Å²) in [5, 5.41) is 5.79. The molecule has 2 aromatic heterocycles. The summed E-state index contributed by atoms with van der Waals surface area (Å²) in [6.45, 7) is 2.64. The molecule has 0 aliphatic carbocycles. The third-order valence-corrected chi connectivity index (χ3v) is 4.26. The lowest BCUT2D eigenvalue weighted by Gasteiger charge is -2.18. The molecular weight excluding hydrogens is 332 g/mol. The summed E-state index contributed by atoms with van der Waals surface area (Å²) in [5.74, 6) is -0.237. The molecule has 0 aromatic carbocycles. The first-order valence-electron chi connectivity index (χ1n) is 9.28. The Kier molecular flexibility index (Phi) is 8.52. The van der Waals surface area contributed by atoms with Gasteiger partial charge in [-0.05, 0) is 42.5 Å². The predicted octanol–water partition coefficient (Wildman–Crippen LogP) is 3.23. The van der Waals surface area contributed by atoms with Gasteiger partial charge in [0.1, 0.15) is 6.04 Å². The first kappa shape index (κ1) is 19.8. The Bertz CT molecular complexity index is 635. The van der Waals surface area contributed by atoms with Gasteiger partial charge in [-0.2, -0.15) is 0 Å². The van der Waals surface area contributed by atoms with Crippen LogP contribution in [0.25, 0.3) is 0 Å². The van der Waals surface area contributed by atoms with Crippen molar-refractivity contribution in [1.82, 2.24) is 10.6 Å². The lowest BCUT2D eigenvalue weighted by Crippen LogP contribution is -2.47. The van der Waals surface area contributed by atoms with Crippen LogP contribution in [0.5, 0.6) is 0 Å². The van der Waals surface area contributed by atoms with Crippen molar-refractivity contribution in [3.8, 4) is 0 Å². The van der Waals surface area contributed by atoms with Crippen LogP contribution in [0.15, 0.2) is 46.0 Å². The molecule has 2 N–H and O–H groups in total. The zero-order valence-electron chi connectivity index (χ0n) is 15.3. The third kappa shape index (κ3) is 7.17. The second-order valence-corrected chi connectivity index (χ2v) is 6.42. The minimum atomic E-state index is -0.484. The fraction of sp³-hybridized carbons (Fsp3) is 0.500. The maximum Gasteiger partial charge on any atom is 0.242 e. The van der Waals surface area contributed by atoms with E-state index in [2.05, 4.69) is 17.6 Å². The Balaban J connectivity index is 1.78. The van der Waals surface area contributed by atoms with Crippen molar-refractivity contribution in [3.05, 3.63) is 48.3 Å². The van der Waals surface area contributed by atoms with Gasteiger partial charge < -0.3 is 19.5 Å². The smallest absolute Gasteiger partial charge is 0.242 e. The van der Waals surface area contributed by atoms with Gasteiger partial charge in [-0.25, -0.2) is 0 Å². The number of rotatable bonds is 12. The van der Waals surface area contributed by atoms with Gasteiger partial charge in [0.2, 0.25) is 11.8 Å². The number of aryl methyl sites for hydroxylation is 1. The molecule has 6 heteroatoms. The molecule has 2 amide bonds. The molecule has 0 saturated heterocycles. The summed E-state index contributed by atoms with van der Waals surface area (Å²) in [7, 11) is 0. The van der Waals surface area contributed by atoms with Crippen molar-refractivity contribution < 1.29 is 18.4 Å². The number of carbonyl (C=O) groups is 2. The summed E-state index contributed by atoms with van der Waals surface area (Å²) < 4.78 is 10.0. The van der Waals surface area contributed by atoms with Gasteiger partial charge >= 0.3 is 0 Å². The topological polar surface area (TPSA) is 84.5 Å². The Morgan fingerprint density at radius 2 is 1.73 bits per heavy atom. The van der Waals surface area contributed by atoms with Gasteiger partial charge in [-0.1, -0.05) is 26.2 Å². The molecule has 0 radical (unpaired) electrons. The molecule has 0 unspecified atom stereocenters. The minimum absolute atomic E-state index is 0.113. The molecule has 0 bridgehead atoms. The molecule has 2 heterocycles. The molecule has 0 aliphatic heterocycles. The number of unbranched alkanes of at least 4 members (excludes halogenated alkanes) is 2. The molecule has 0 spiro atoms. The number of amides is 2. The molecule has 6 nitrogen and oxygen atoms in total. The first-order valence-corrected chi connectivity index (χ1v) is 9.28. The van der Waals surface area contributed by atoms with Crippen molar-refractivity contribution in [1.29, 1.82) is 0 Å². The number of furan rings is 2. The van der Waals surface area contributed by atoms with Gasteiger partial charge in [0.05, 0.1) is 25.1 Å². The van der Waals surface area contributed by atoms with Crippen molar-refractivity contribution in [2.24, 2.45) is 0 Å². The first-order chi connectivity index (χ1) is 12.7. The van der Waals surface area contributed by atoms with E-state index in [9.17, 15) is 9.59 Å². The van der Waals surface area contributed by atoms with Gasteiger partial charge in [-0.15, -0.1) is 0 Å². The average Bonchev–Trinajstić information content (AvgIpc) is 3.33. The van der Waals surface area contributed by atoms with Crippen LogP contribution in [0.2, 0.25) is 0 Å². The average molecular weight is 360 g/mol. The van der Waals surface area contributed by atoms with Crippen LogP contribution in [-0.2, 0) is 22.4 Å². The van der Waals surface area contributed by atoms with Crippen LogP contribution in [0.1, 0.15) is 50.2 Å². The molecule has 1 atom stereocenters. The summed E-state index contributed by atoms with van der Waals surface area (Å²) in [6, 6.07) is 3.24. The van der Waals surface area contributed by atoms with E-state index in [1.165, 1.54) is 0 Å².